The molecule has 0 spiro atoms. The molecule has 1 amide bonds. The number of benzene rings is 3. The molecule has 2 aliphatic rings. The maximum absolute atomic E-state index is 14.0. The van der Waals surface area contributed by atoms with Gasteiger partial charge < -0.3 is 24.7 Å². The number of carbonyl (C=O) groups excluding carboxylic acids is 1. The maximum atomic E-state index is 14.0. The molecular weight excluding hydrogens is 460 g/mol. The summed E-state index contributed by atoms with van der Waals surface area (Å²) in [6.07, 6.45) is -0.189. The Balaban J connectivity index is 1.30. The fourth-order valence-corrected chi connectivity index (χ4v) is 4.01. The summed E-state index contributed by atoms with van der Waals surface area (Å²) in [5, 5.41) is 17.8. The van der Waals surface area contributed by atoms with Crippen molar-refractivity contribution in [3.63, 3.8) is 0 Å². The van der Waals surface area contributed by atoms with Gasteiger partial charge in [-0.25, -0.2) is 13.6 Å². The van der Waals surface area contributed by atoms with Gasteiger partial charge >= 0.3 is 6.09 Å². The van der Waals surface area contributed by atoms with Gasteiger partial charge in [-0.05, 0) is 35.4 Å². The Morgan fingerprint density at radius 2 is 1.83 bits per heavy atom. The molecule has 0 bridgehead atoms. The predicted octanol–water partition coefficient (Wildman–Crippen LogP) is 4.69. The number of amides is 1. The number of phenolic OH excluding ortho intramolecular Hbond substituents is 1. The van der Waals surface area contributed by atoms with Crippen LogP contribution < -0.4 is 15.4 Å². The third kappa shape index (κ3) is 5.28. The molecule has 182 valence electrons. The van der Waals surface area contributed by atoms with Gasteiger partial charge in [0.05, 0.1) is 32.0 Å². The molecule has 35 heavy (non-hydrogen) atoms. The summed E-state index contributed by atoms with van der Waals surface area (Å²) in [6.45, 7) is 2.24. The zero-order valence-corrected chi connectivity index (χ0v) is 18.6. The summed E-state index contributed by atoms with van der Waals surface area (Å²) in [4.78, 5) is 17.5. The number of hydrogen-bond donors (Lipinski definition) is 3. The number of morpholine rings is 1. The van der Waals surface area contributed by atoms with Crippen LogP contribution in [0.2, 0.25) is 0 Å². The second-order valence-corrected chi connectivity index (χ2v) is 8.22. The minimum Gasteiger partial charge on any atom is -0.507 e. The van der Waals surface area contributed by atoms with E-state index in [1.807, 2.05) is 6.07 Å². The molecule has 1 fully saturated rings. The van der Waals surface area contributed by atoms with Gasteiger partial charge in [0, 0.05) is 41.6 Å². The largest absolute Gasteiger partial charge is 0.507 e. The summed E-state index contributed by atoms with van der Waals surface area (Å²) in [5.41, 5.74) is 3.37. The van der Waals surface area contributed by atoms with Crippen molar-refractivity contribution >= 4 is 23.2 Å². The average molecular weight is 483 g/mol. The van der Waals surface area contributed by atoms with Crippen molar-refractivity contribution in [2.75, 3.05) is 36.9 Å². The van der Waals surface area contributed by atoms with Gasteiger partial charge in [0.1, 0.15) is 29.7 Å². The summed E-state index contributed by atoms with van der Waals surface area (Å²) < 4.78 is 38.4. The highest BCUT2D eigenvalue weighted by Gasteiger charge is 2.21. The van der Waals surface area contributed by atoms with E-state index >= 15 is 0 Å². The SMILES string of the molecule is O=C(Nc1ccc2c(c1)COc1cc(Nc3ccc(F)cc3F)cc(O)c1C2)ON1CCOCC1. The highest BCUT2D eigenvalue weighted by atomic mass is 19.1. The van der Waals surface area contributed by atoms with Gasteiger partial charge in [0.15, 0.2) is 0 Å². The first-order valence-electron chi connectivity index (χ1n) is 11.1. The Morgan fingerprint density at radius 1 is 1.00 bits per heavy atom. The van der Waals surface area contributed by atoms with Gasteiger partial charge in [-0.1, -0.05) is 6.07 Å². The first-order valence-corrected chi connectivity index (χ1v) is 11.1. The number of aromatic hydroxyl groups is 1. The zero-order chi connectivity index (χ0) is 24.4. The molecule has 0 aromatic heterocycles. The van der Waals surface area contributed by atoms with Crippen LogP contribution in [-0.2, 0) is 22.6 Å². The van der Waals surface area contributed by atoms with E-state index in [4.69, 9.17) is 14.3 Å². The lowest BCUT2D eigenvalue weighted by Gasteiger charge is -2.25. The van der Waals surface area contributed by atoms with E-state index in [0.29, 0.717) is 55.4 Å². The van der Waals surface area contributed by atoms with Crippen LogP contribution in [0.15, 0.2) is 48.5 Å². The number of nitrogens with one attached hydrogen (secondary N) is 2. The molecule has 3 aromatic rings. The van der Waals surface area contributed by atoms with Gasteiger partial charge in [-0.3, -0.25) is 5.32 Å². The first kappa shape index (κ1) is 22.9. The summed E-state index contributed by atoms with van der Waals surface area (Å²) in [5.74, 6) is -1.01. The Morgan fingerprint density at radius 3 is 2.63 bits per heavy atom. The van der Waals surface area contributed by atoms with Crippen LogP contribution in [0.1, 0.15) is 16.7 Å². The first-order chi connectivity index (χ1) is 16.9. The van der Waals surface area contributed by atoms with Crippen LogP contribution in [0.25, 0.3) is 0 Å². The number of ether oxygens (including phenoxy) is 2. The van der Waals surface area contributed by atoms with E-state index in [9.17, 15) is 18.7 Å². The van der Waals surface area contributed by atoms with Gasteiger partial charge in [-0.2, -0.15) is 0 Å². The molecule has 2 aliphatic heterocycles. The zero-order valence-electron chi connectivity index (χ0n) is 18.6. The summed E-state index contributed by atoms with van der Waals surface area (Å²) in [7, 11) is 0. The number of hydrogen-bond acceptors (Lipinski definition) is 7. The highest BCUT2D eigenvalue weighted by Crippen LogP contribution is 2.38. The monoisotopic (exact) mass is 483 g/mol. The van der Waals surface area contributed by atoms with E-state index < -0.39 is 17.7 Å². The minimum absolute atomic E-state index is 0.0170. The van der Waals surface area contributed by atoms with Gasteiger partial charge in [0.25, 0.3) is 0 Å². The molecular formula is C25H23F2N3O5. The molecule has 0 saturated carbocycles. The molecule has 5 rings (SSSR count). The Kier molecular flexibility index (Phi) is 6.39. The van der Waals surface area contributed by atoms with Crippen molar-refractivity contribution in [3.8, 4) is 11.5 Å². The van der Waals surface area contributed by atoms with E-state index in [1.54, 1.807) is 23.3 Å². The van der Waals surface area contributed by atoms with Crippen LogP contribution in [0.3, 0.4) is 0 Å². The molecule has 10 heteroatoms. The normalized spacial score (nSPS) is 15.3. The molecule has 0 aliphatic carbocycles. The predicted molar refractivity (Wildman–Crippen MR) is 124 cm³/mol. The van der Waals surface area contributed by atoms with Crippen molar-refractivity contribution in [1.82, 2.24) is 5.06 Å². The van der Waals surface area contributed by atoms with Gasteiger partial charge in [-0.15, -0.1) is 5.06 Å². The molecule has 3 N–H and O–H groups in total. The molecule has 1 saturated heterocycles. The number of anilines is 3. The Bertz CT molecular complexity index is 1260. The molecule has 8 nitrogen and oxygen atoms in total. The van der Waals surface area contributed by atoms with Crippen molar-refractivity contribution in [1.29, 1.82) is 0 Å². The molecule has 0 unspecified atom stereocenters. The molecule has 0 radical (unpaired) electrons. The Hall–Kier alpha value is -3.89. The second kappa shape index (κ2) is 9.77. The van der Waals surface area contributed by atoms with Crippen LogP contribution in [0.5, 0.6) is 11.5 Å². The molecule has 2 heterocycles. The fraction of sp³-hybridized carbons (Fsp3) is 0.240. The number of phenols is 1. The van der Waals surface area contributed by atoms with Gasteiger partial charge in [0.2, 0.25) is 0 Å². The lowest BCUT2D eigenvalue weighted by atomic mass is 9.99. The lowest BCUT2D eigenvalue weighted by Crippen LogP contribution is -2.39. The van der Waals surface area contributed by atoms with E-state index in [-0.39, 0.29) is 18.0 Å². The smallest absolute Gasteiger partial charge is 0.430 e. The van der Waals surface area contributed by atoms with E-state index in [2.05, 4.69) is 10.6 Å². The third-order valence-electron chi connectivity index (χ3n) is 5.78. The standard InChI is InChI=1S/C25H23F2N3O5/c26-17-2-4-22(21(27)11-17)28-19-12-23(31)20-10-15-1-3-18(9-16(15)14-34-24(20)13-19)29-25(32)35-30-5-7-33-8-6-30/h1-4,9,11-13,28,31H,5-8,10,14H2,(H,29,32). The summed E-state index contributed by atoms with van der Waals surface area (Å²) >= 11 is 0. The Labute approximate surface area is 200 Å². The van der Waals surface area contributed by atoms with Crippen molar-refractivity contribution in [2.24, 2.45) is 0 Å². The van der Waals surface area contributed by atoms with E-state index in [1.165, 1.54) is 12.1 Å². The maximum Gasteiger partial charge on any atom is 0.430 e. The van der Waals surface area contributed by atoms with Crippen LogP contribution in [0.4, 0.5) is 30.6 Å². The minimum atomic E-state index is -0.750. The number of nitrogens with zero attached hydrogens (tertiary/aromatic N) is 1. The lowest BCUT2D eigenvalue weighted by molar-refractivity contribution is -0.142. The number of rotatable bonds is 4. The van der Waals surface area contributed by atoms with Crippen LogP contribution >= 0.6 is 0 Å². The van der Waals surface area contributed by atoms with E-state index in [0.717, 1.165) is 23.3 Å². The average Bonchev–Trinajstić information content (AvgIpc) is 3.01. The molecule has 3 aromatic carbocycles. The van der Waals surface area contributed by atoms with Crippen molar-refractivity contribution in [3.05, 3.63) is 76.9 Å². The number of carbonyl (C=O) groups is 1. The van der Waals surface area contributed by atoms with Crippen molar-refractivity contribution in [2.45, 2.75) is 13.0 Å². The number of hydroxylamine groups is 2. The quantitative estimate of drug-likeness (QED) is 0.496. The topological polar surface area (TPSA) is 92.3 Å². The fourth-order valence-electron chi connectivity index (χ4n) is 4.01. The van der Waals surface area contributed by atoms with Crippen LogP contribution in [-0.4, -0.2) is 42.6 Å². The summed E-state index contributed by atoms with van der Waals surface area (Å²) in [6, 6.07) is 11.7. The van der Waals surface area contributed by atoms with Crippen LogP contribution in [0, 0.1) is 11.6 Å². The second-order valence-electron chi connectivity index (χ2n) is 8.22. The van der Waals surface area contributed by atoms with Crippen molar-refractivity contribution < 1.29 is 33.0 Å². The molecule has 0 atom stereocenters. The highest BCUT2D eigenvalue weighted by molar-refractivity contribution is 5.84. The number of halogens is 2. The number of fused-ring (bicyclic) bond motifs is 2. The third-order valence-corrected chi connectivity index (χ3v) is 5.78.